The third-order valence-corrected chi connectivity index (χ3v) is 1.13. The third-order valence-electron chi connectivity index (χ3n) is 1.13. The molecule has 1 aromatic heterocycles. The number of halogens is 1. The minimum Gasteiger partial charge on any atom is -0.478 e. The molecule has 0 amide bonds. The van der Waals surface area contributed by atoms with Gasteiger partial charge in [-0.05, 0) is 6.07 Å². The predicted molar refractivity (Wildman–Crippen MR) is 42.6 cm³/mol. The van der Waals surface area contributed by atoms with E-state index < -0.39 is 5.97 Å². The molecule has 1 heterocycles. The molecule has 1 N–H and O–H groups in total. The molecule has 0 aromatic carbocycles. The number of hydrogen-bond donors (Lipinski definition) is 1. The first-order chi connectivity index (χ1) is 4.72. The average Bonchev–Trinajstić information content (AvgIpc) is 2.36. The molecule has 0 fully saturated rings. The van der Waals surface area contributed by atoms with Crippen LogP contribution in [0.25, 0.3) is 5.57 Å². The number of carboxylic acids is 1. The van der Waals surface area contributed by atoms with Crippen LogP contribution >= 0.6 is 12.4 Å². The van der Waals surface area contributed by atoms with Crippen molar-refractivity contribution in [1.29, 1.82) is 0 Å². The van der Waals surface area contributed by atoms with Crippen molar-refractivity contribution in [3.8, 4) is 0 Å². The molecule has 0 saturated carbocycles. The molecule has 0 radical (unpaired) electrons. The van der Waals surface area contributed by atoms with Gasteiger partial charge in [-0.25, -0.2) is 4.79 Å². The maximum Gasteiger partial charge on any atom is 0.335 e. The van der Waals surface area contributed by atoms with Gasteiger partial charge in [-0.2, -0.15) is 0 Å². The molecule has 0 bridgehead atoms. The summed E-state index contributed by atoms with van der Waals surface area (Å²) in [7, 11) is 0. The molecule has 0 aliphatic heterocycles. The van der Waals surface area contributed by atoms with Crippen molar-refractivity contribution < 1.29 is 14.3 Å². The Balaban J connectivity index is 0.000001000. The van der Waals surface area contributed by atoms with Crippen molar-refractivity contribution in [2.24, 2.45) is 0 Å². The first-order valence-electron chi connectivity index (χ1n) is 2.66. The second-order valence-corrected chi connectivity index (χ2v) is 1.80. The Hall–Kier alpha value is -1.22. The van der Waals surface area contributed by atoms with Gasteiger partial charge < -0.3 is 9.52 Å². The molecule has 11 heavy (non-hydrogen) atoms. The van der Waals surface area contributed by atoms with Gasteiger partial charge in [-0.1, -0.05) is 6.58 Å². The van der Waals surface area contributed by atoms with Crippen molar-refractivity contribution in [3.63, 3.8) is 0 Å². The highest BCUT2D eigenvalue weighted by molar-refractivity contribution is 6.14. The SMILES string of the molecule is C=C(C(=O)O)c1ccoc1.Cl. The number of aliphatic carboxylic acids is 1. The Bertz CT molecular complexity index is 251. The summed E-state index contributed by atoms with van der Waals surface area (Å²) in [5.74, 6) is -1.03. The molecule has 60 valence electrons. The smallest absolute Gasteiger partial charge is 0.335 e. The first kappa shape index (κ1) is 9.78. The van der Waals surface area contributed by atoms with Crippen molar-refractivity contribution >= 4 is 23.9 Å². The van der Waals surface area contributed by atoms with E-state index in [1.54, 1.807) is 6.07 Å². The quantitative estimate of drug-likeness (QED) is 0.696. The van der Waals surface area contributed by atoms with Crippen molar-refractivity contribution in [1.82, 2.24) is 0 Å². The molecule has 0 spiro atoms. The van der Waals surface area contributed by atoms with E-state index in [0.29, 0.717) is 5.56 Å². The number of hydrogen-bond acceptors (Lipinski definition) is 2. The molecule has 4 heteroatoms. The number of carbonyl (C=O) groups is 1. The number of furan rings is 1. The number of rotatable bonds is 2. The van der Waals surface area contributed by atoms with E-state index in [0.717, 1.165) is 0 Å². The zero-order chi connectivity index (χ0) is 7.56. The van der Waals surface area contributed by atoms with Crippen LogP contribution in [0.5, 0.6) is 0 Å². The fourth-order valence-electron chi connectivity index (χ4n) is 0.560. The summed E-state index contributed by atoms with van der Waals surface area (Å²) in [4.78, 5) is 10.3. The van der Waals surface area contributed by atoms with E-state index in [9.17, 15) is 4.79 Å². The maximum absolute atomic E-state index is 10.3. The molecule has 0 unspecified atom stereocenters. The summed E-state index contributed by atoms with van der Waals surface area (Å²) in [6.07, 6.45) is 2.75. The van der Waals surface area contributed by atoms with Crippen LogP contribution in [0.15, 0.2) is 29.6 Å². The highest BCUT2D eigenvalue weighted by Gasteiger charge is 2.06. The average molecular weight is 175 g/mol. The molecule has 0 aliphatic carbocycles. The fraction of sp³-hybridized carbons (Fsp3) is 0. The third kappa shape index (κ3) is 2.13. The lowest BCUT2D eigenvalue weighted by atomic mass is 10.2. The summed E-state index contributed by atoms with van der Waals surface area (Å²) in [5, 5.41) is 8.41. The maximum atomic E-state index is 10.3. The van der Waals surface area contributed by atoms with Gasteiger partial charge in [0.25, 0.3) is 0 Å². The first-order valence-corrected chi connectivity index (χ1v) is 2.66. The summed E-state index contributed by atoms with van der Waals surface area (Å²) in [6.45, 7) is 3.34. The van der Waals surface area contributed by atoms with Gasteiger partial charge >= 0.3 is 5.97 Å². The van der Waals surface area contributed by atoms with Gasteiger partial charge in [0.15, 0.2) is 0 Å². The van der Waals surface area contributed by atoms with E-state index in [1.807, 2.05) is 0 Å². The molecule has 1 rings (SSSR count). The van der Waals surface area contributed by atoms with Crippen LogP contribution in [-0.2, 0) is 4.79 Å². The van der Waals surface area contributed by atoms with Crippen LogP contribution < -0.4 is 0 Å². The standard InChI is InChI=1S/C7H6O3.ClH/c1-5(7(8)9)6-2-3-10-4-6;/h2-4H,1H2,(H,8,9);1H. The zero-order valence-electron chi connectivity index (χ0n) is 5.61. The largest absolute Gasteiger partial charge is 0.478 e. The van der Waals surface area contributed by atoms with Crippen LogP contribution in [-0.4, -0.2) is 11.1 Å². The van der Waals surface area contributed by atoms with Crippen LogP contribution in [0.2, 0.25) is 0 Å². The molecule has 0 saturated heterocycles. The fourth-order valence-corrected chi connectivity index (χ4v) is 0.560. The Morgan fingerprint density at radius 2 is 2.27 bits per heavy atom. The molecule has 0 atom stereocenters. The lowest BCUT2D eigenvalue weighted by Crippen LogP contribution is -1.95. The summed E-state index contributed by atoms with van der Waals surface area (Å²) < 4.78 is 4.66. The van der Waals surface area contributed by atoms with E-state index in [2.05, 4.69) is 11.0 Å². The molecule has 1 aromatic rings. The second-order valence-electron chi connectivity index (χ2n) is 1.80. The summed E-state index contributed by atoms with van der Waals surface area (Å²) in [5.41, 5.74) is 0.557. The normalized spacial score (nSPS) is 8.36. The van der Waals surface area contributed by atoms with E-state index >= 15 is 0 Å². The van der Waals surface area contributed by atoms with Gasteiger partial charge in [0.2, 0.25) is 0 Å². The van der Waals surface area contributed by atoms with Crippen LogP contribution in [0.4, 0.5) is 0 Å². The minimum absolute atomic E-state index is 0. The van der Waals surface area contributed by atoms with Gasteiger partial charge in [-0.15, -0.1) is 12.4 Å². The summed E-state index contributed by atoms with van der Waals surface area (Å²) in [6, 6.07) is 1.55. The number of carboxylic acid groups (broad SMARTS) is 1. The Labute approximate surface area is 69.7 Å². The van der Waals surface area contributed by atoms with Crippen LogP contribution in [0.3, 0.4) is 0 Å². The van der Waals surface area contributed by atoms with Crippen LogP contribution in [0.1, 0.15) is 5.56 Å². The van der Waals surface area contributed by atoms with Crippen molar-refractivity contribution in [2.75, 3.05) is 0 Å². The van der Waals surface area contributed by atoms with Gasteiger partial charge in [0.05, 0.1) is 18.1 Å². The highest BCUT2D eigenvalue weighted by Crippen LogP contribution is 2.11. The molecular formula is C7H7ClO3. The summed E-state index contributed by atoms with van der Waals surface area (Å²) >= 11 is 0. The van der Waals surface area contributed by atoms with E-state index in [1.165, 1.54) is 12.5 Å². The topological polar surface area (TPSA) is 50.4 Å². The van der Waals surface area contributed by atoms with Gasteiger partial charge in [0.1, 0.15) is 0 Å². The predicted octanol–water partition coefficient (Wildman–Crippen LogP) is 1.80. The van der Waals surface area contributed by atoms with Crippen LogP contribution in [0, 0.1) is 0 Å². The second kappa shape index (κ2) is 3.83. The van der Waals surface area contributed by atoms with Gasteiger partial charge in [0, 0.05) is 5.56 Å². The van der Waals surface area contributed by atoms with Gasteiger partial charge in [-0.3, -0.25) is 0 Å². The van der Waals surface area contributed by atoms with Crippen molar-refractivity contribution in [2.45, 2.75) is 0 Å². The lowest BCUT2D eigenvalue weighted by molar-refractivity contribution is -0.130. The molecule has 0 aliphatic rings. The molecule has 3 nitrogen and oxygen atoms in total. The molecular weight excluding hydrogens is 168 g/mol. The Kier molecular flexibility index (Phi) is 3.40. The van der Waals surface area contributed by atoms with E-state index in [-0.39, 0.29) is 18.0 Å². The Morgan fingerprint density at radius 1 is 1.64 bits per heavy atom. The van der Waals surface area contributed by atoms with Crippen molar-refractivity contribution in [3.05, 3.63) is 30.7 Å². The highest BCUT2D eigenvalue weighted by atomic mass is 35.5. The zero-order valence-corrected chi connectivity index (χ0v) is 6.43. The minimum atomic E-state index is -1.03. The Morgan fingerprint density at radius 3 is 2.64 bits per heavy atom. The lowest BCUT2D eigenvalue weighted by Gasteiger charge is -1.90. The monoisotopic (exact) mass is 174 g/mol. The van der Waals surface area contributed by atoms with E-state index in [4.69, 9.17) is 5.11 Å².